The predicted molar refractivity (Wildman–Crippen MR) is 127 cm³/mol. The smallest absolute Gasteiger partial charge is 0.255 e. The van der Waals surface area contributed by atoms with Crippen LogP contribution >= 0.6 is 0 Å². The Morgan fingerprint density at radius 2 is 1.32 bits per heavy atom. The number of aryl methyl sites for hydroxylation is 2. The highest BCUT2D eigenvalue weighted by atomic mass is 16.3. The van der Waals surface area contributed by atoms with Crippen LogP contribution in [0.1, 0.15) is 21.5 Å². The number of phenolic OH excluding ortho intramolecular Hbond substituents is 1. The molecule has 0 saturated carbocycles. The van der Waals surface area contributed by atoms with Crippen LogP contribution in [0.2, 0.25) is 0 Å². The van der Waals surface area contributed by atoms with E-state index in [1.807, 2.05) is 67.6 Å². The van der Waals surface area contributed by atoms with Crippen molar-refractivity contribution in [1.82, 2.24) is 0 Å². The molecule has 0 atom stereocenters. The maximum absolute atomic E-state index is 12.8. The molecule has 4 nitrogen and oxygen atoms in total. The second kappa shape index (κ2) is 8.76. The van der Waals surface area contributed by atoms with Crippen LogP contribution in [-0.4, -0.2) is 11.0 Å². The zero-order chi connectivity index (χ0) is 21.8. The average molecular weight is 409 g/mol. The van der Waals surface area contributed by atoms with Gasteiger partial charge in [0.15, 0.2) is 0 Å². The van der Waals surface area contributed by atoms with E-state index in [1.54, 1.807) is 24.3 Å². The number of benzene rings is 4. The molecule has 0 aliphatic rings. The van der Waals surface area contributed by atoms with Gasteiger partial charge in [-0.05, 0) is 78.6 Å². The first-order valence-corrected chi connectivity index (χ1v) is 10.1. The highest BCUT2D eigenvalue weighted by molar-refractivity contribution is 6.04. The number of hydrogen-bond donors (Lipinski definition) is 3. The number of carbonyl (C=O) groups is 1. The van der Waals surface area contributed by atoms with Crippen LogP contribution in [0, 0.1) is 13.8 Å². The molecule has 0 aliphatic carbocycles. The summed E-state index contributed by atoms with van der Waals surface area (Å²) in [5.74, 6) is 0.0667. The zero-order valence-electron chi connectivity index (χ0n) is 17.5. The molecule has 0 spiro atoms. The van der Waals surface area contributed by atoms with Gasteiger partial charge in [-0.15, -0.1) is 0 Å². The molecule has 0 unspecified atom stereocenters. The zero-order valence-corrected chi connectivity index (χ0v) is 17.5. The fraction of sp³-hybridized carbons (Fsp3) is 0.0741. The van der Waals surface area contributed by atoms with Crippen molar-refractivity contribution in [2.75, 3.05) is 10.6 Å². The number of para-hydroxylation sites is 1. The van der Waals surface area contributed by atoms with Crippen molar-refractivity contribution in [2.45, 2.75) is 13.8 Å². The van der Waals surface area contributed by atoms with E-state index in [-0.39, 0.29) is 11.7 Å². The molecule has 0 saturated heterocycles. The van der Waals surface area contributed by atoms with Crippen molar-refractivity contribution in [1.29, 1.82) is 0 Å². The topological polar surface area (TPSA) is 61.4 Å². The van der Waals surface area contributed by atoms with Crippen molar-refractivity contribution < 1.29 is 9.90 Å². The van der Waals surface area contributed by atoms with Gasteiger partial charge in [-0.1, -0.05) is 48.5 Å². The Labute approximate surface area is 182 Å². The van der Waals surface area contributed by atoms with E-state index in [4.69, 9.17) is 0 Å². The Kier molecular flexibility index (Phi) is 5.72. The number of nitrogens with one attached hydrogen (secondary N) is 2. The lowest BCUT2D eigenvalue weighted by Gasteiger charge is -2.14. The average Bonchev–Trinajstić information content (AvgIpc) is 2.78. The third kappa shape index (κ3) is 4.75. The molecule has 0 bridgehead atoms. The van der Waals surface area contributed by atoms with Gasteiger partial charge in [-0.2, -0.15) is 0 Å². The minimum atomic E-state index is -0.164. The first-order chi connectivity index (χ1) is 15.0. The van der Waals surface area contributed by atoms with E-state index >= 15 is 0 Å². The molecule has 1 amide bonds. The molecule has 4 aromatic carbocycles. The summed E-state index contributed by atoms with van der Waals surface area (Å²) in [4.78, 5) is 12.8. The van der Waals surface area contributed by atoms with E-state index in [0.29, 0.717) is 5.56 Å². The third-order valence-electron chi connectivity index (χ3n) is 5.26. The second-order valence-corrected chi connectivity index (χ2v) is 7.55. The number of anilines is 3. The summed E-state index contributed by atoms with van der Waals surface area (Å²) in [5, 5.41) is 15.9. The van der Waals surface area contributed by atoms with Crippen LogP contribution in [0.5, 0.6) is 5.75 Å². The van der Waals surface area contributed by atoms with Gasteiger partial charge in [0, 0.05) is 22.6 Å². The lowest BCUT2D eigenvalue weighted by Crippen LogP contribution is -2.12. The molecule has 0 aromatic heterocycles. The molecule has 4 rings (SSSR count). The maximum Gasteiger partial charge on any atom is 0.255 e. The van der Waals surface area contributed by atoms with E-state index in [0.717, 1.165) is 39.3 Å². The van der Waals surface area contributed by atoms with Gasteiger partial charge in [-0.3, -0.25) is 4.79 Å². The summed E-state index contributed by atoms with van der Waals surface area (Å²) in [6.45, 7) is 4.10. The summed E-state index contributed by atoms with van der Waals surface area (Å²) < 4.78 is 0. The van der Waals surface area contributed by atoms with Crippen LogP contribution < -0.4 is 10.6 Å². The molecular formula is C27H24N2O2. The SMILES string of the molecule is Cc1ccccc1Nc1cc(NC(=O)c2ccc(-c3ccc(O)cc3)cc2)ccc1C. The van der Waals surface area contributed by atoms with Crippen LogP contribution in [-0.2, 0) is 0 Å². The Hall–Kier alpha value is -4.05. The number of phenols is 1. The van der Waals surface area contributed by atoms with Crippen LogP contribution in [0.3, 0.4) is 0 Å². The minimum Gasteiger partial charge on any atom is -0.508 e. The molecule has 4 aromatic rings. The van der Waals surface area contributed by atoms with E-state index in [2.05, 4.69) is 23.6 Å². The van der Waals surface area contributed by atoms with Crippen molar-refractivity contribution in [3.05, 3.63) is 108 Å². The largest absolute Gasteiger partial charge is 0.508 e. The summed E-state index contributed by atoms with van der Waals surface area (Å²) >= 11 is 0. The van der Waals surface area contributed by atoms with E-state index in [1.165, 1.54) is 0 Å². The Morgan fingerprint density at radius 1 is 0.710 bits per heavy atom. The normalized spacial score (nSPS) is 10.5. The van der Waals surface area contributed by atoms with Gasteiger partial charge >= 0.3 is 0 Å². The lowest BCUT2D eigenvalue weighted by atomic mass is 10.0. The fourth-order valence-corrected chi connectivity index (χ4v) is 3.36. The first kappa shape index (κ1) is 20.2. The summed E-state index contributed by atoms with van der Waals surface area (Å²) in [5.41, 5.74) is 7.52. The van der Waals surface area contributed by atoms with Gasteiger partial charge in [0.2, 0.25) is 0 Å². The van der Waals surface area contributed by atoms with Gasteiger partial charge in [0.1, 0.15) is 5.75 Å². The lowest BCUT2D eigenvalue weighted by molar-refractivity contribution is 0.102. The molecule has 0 aliphatic heterocycles. The van der Waals surface area contributed by atoms with Gasteiger partial charge in [0.25, 0.3) is 5.91 Å². The summed E-state index contributed by atoms with van der Waals surface area (Å²) in [6, 6.07) is 28.4. The molecule has 3 N–H and O–H groups in total. The fourth-order valence-electron chi connectivity index (χ4n) is 3.36. The molecule has 0 fully saturated rings. The number of carbonyl (C=O) groups excluding carboxylic acids is 1. The van der Waals surface area contributed by atoms with Crippen molar-refractivity contribution in [2.24, 2.45) is 0 Å². The monoisotopic (exact) mass is 408 g/mol. The maximum atomic E-state index is 12.8. The second-order valence-electron chi connectivity index (χ2n) is 7.55. The van der Waals surface area contributed by atoms with Crippen LogP contribution in [0.15, 0.2) is 91.0 Å². The standard InChI is InChI=1S/C27H24N2O2/c1-18-5-3-4-6-25(18)29-26-17-23(14-7-19(26)2)28-27(31)22-10-8-20(9-11-22)21-12-15-24(30)16-13-21/h3-17,29-30H,1-2H3,(H,28,31). The number of aromatic hydroxyl groups is 1. The van der Waals surface area contributed by atoms with Gasteiger partial charge in [-0.25, -0.2) is 0 Å². The van der Waals surface area contributed by atoms with Gasteiger partial charge < -0.3 is 15.7 Å². The molecule has 0 radical (unpaired) electrons. The van der Waals surface area contributed by atoms with Crippen LogP contribution in [0.4, 0.5) is 17.1 Å². The van der Waals surface area contributed by atoms with Crippen molar-refractivity contribution in [3.8, 4) is 16.9 Å². The minimum absolute atomic E-state index is 0.164. The summed E-state index contributed by atoms with van der Waals surface area (Å²) in [6.07, 6.45) is 0. The highest BCUT2D eigenvalue weighted by Gasteiger charge is 2.09. The van der Waals surface area contributed by atoms with Gasteiger partial charge in [0.05, 0.1) is 0 Å². The number of hydrogen-bond acceptors (Lipinski definition) is 3. The molecule has 31 heavy (non-hydrogen) atoms. The Morgan fingerprint density at radius 3 is 2.00 bits per heavy atom. The van der Waals surface area contributed by atoms with E-state index < -0.39 is 0 Å². The summed E-state index contributed by atoms with van der Waals surface area (Å²) in [7, 11) is 0. The third-order valence-corrected chi connectivity index (χ3v) is 5.26. The highest BCUT2D eigenvalue weighted by Crippen LogP contribution is 2.27. The Balaban J connectivity index is 1.49. The molecule has 154 valence electrons. The quantitative estimate of drug-likeness (QED) is 0.345. The van der Waals surface area contributed by atoms with Crippen molar-refractivity contribution >= 4 is 23.0 Å². The number of amides is 1. The number of rotatable bonds is 5. The van der Waals surface area contributed by atoms with Crippen LogP contribution in [0.25, 0.3) is 11.1 Å². The molecule has 4 heteroatoms. The van der Waals surface area contributed by atoms with E-state index in [9.17, 15) is 9.90 Å². The first-order valence-electron chi connectivity index (χ1n) is 10.1. The predicted octanol–water partition coefficient (Wildman–Crippen LogP) is 6.67. The Bertz CT molecular complexity index is 1210. The molecular weight excluding hydrogens is 384 g/mol. The molecule has 0 heterocycles. The van der Waals surface area contributed by atoms with Crippen molar-refractivity contribution in [3.63, 3.8) is 0 Å².